The van der Waals surface area contributed by atoms with Crippen LogP contribution in [0.5, 0.6) is 0 Å². The average Bonchev–Trinajstić information content (AvgIpc) is 2.68. The first-order valence-electron chi connectivity index (χ1n) is 5.93. The maximum Gasteiger partial charge on any atom is 0.0622 e. The summed E-state index contributed by atoms with van der Waals surface area (Å²) < 4.78 is 0. The van der Waals surface area contributed by atoms with Gasteiger partial charge in [-0.15, -0.1) is 0 Å². The van der Waals surface area contributed by atoms with Crippen molar-refractivity contribution in [3.05, 3.63) is 29.0 Å². The highest BCUT2D eigenvalue weighted by atomic mass is 35.5. The van der Waals surface area contributed by atoms with Gasteiger partial charge in [-0.25, -0.2) is 0 Å². The van der Waals surface area contributed by atoms with Gasteiger partial charge in [-0.1, -0.05) is 24.9 Å². The molecule has 3 unspecified atom stereocenters. The van der Waals surface area contributed by atoms with Gasteiger partial charge in [-0.05, 0) is 36.3 Å². The van der Waals surface area contributed by atoms with Gasteiger partial charge in [0, 0.05) is 18.8 Å². The fourth-order valence-corrected chi connectivity index (χ4v) is 2.76. The number of hydrogen-bond donors (Lipinski definition) is 1. The van der Waals surface area contributed by atoms with Crippen LogP contribution in [-0.2, 0) is 6.42 Å². The summed E-state index contributed by atoms with van der Waals surface area (Å²) in [6.07, 6.45) is 7.29. The van der Waals surface area contributed by atoms with Gasteiger partial charge in [-0.2, -0.15) is 0 Å². The monoisotopic (exact) mass is 239 g/mol. The van der Waals surface area contributed by atoms with Gasteiger partial charge in [0.2, 0.25) is 0 Å². The first-order chi connectivity index (χ1) is 7.66. The van der Waals surface area contributed by atoms with Crippen LogP contribution in [0, 0.1) is 11.8 Å². The standard InChI is InChI=1S/C13H18ClNO/c1-9-2-3-11(6-9)13(16)7-10-4-5-15-8-12(10)14/h4-5,8-9,11,13,16H,2-3,6-7H2,1H3. The molecule has 2 nitrogen and oxygen atoms in total. The Bertz CT molecular complexity index is 356. The van der Waals surface area contributed by atoms with E-state index in [4.69, 9.17) is 11.6 Å². The summed E-state index contributed by atoms with van der Waals surface area (Å²) in [5.41, 5.74) is 1.00. The van der Waals surface area contributed by atoms with E-state index in [9.17, 15) is 5.11 Å². The van der Waals surface area contributed by atoms with Crippen molar-refractivity contribution < 1.29 is 5.11 Å². The third-order valence-corrected chi connectivity index (χ3v) is 3.91. The smallest absolute Gasteiger partial charge is 0.0622 e. The highest BCUT2D eigenvalue weighted by Crippen LogP contribution is 2.34. The predicted molar refractivity (Wildman–Crippen MR) is 65.5 cm³/mol. The van der Waals surface area contributed by atoms with Crippen LogP contribution in [0.3, 0.4) is 0 Å². The highest BCUT2D eigenvalue weighted by Gasteiger charge is 2.27. The lowest BCUT2D eigenvalue weighted by molar-refractivity contribution is 0.109. The van der Waals surface area contributed by atoms with Crippen molar-refractivity contribution in [3.63, 3.8) is 0 Å². The Kier molecular flexibility index (Phi) is 3.82. The van der Waals surface area contributed by atoms with Gasteiger partial charge in [0.25, 0.3) is 0 Å². The molecule has 1 saturated carbocycles. The van der Waals surface area contributed by atoms with E-state index in [0.717, 1.165) is 24.3 Å². The molecule has 0 spiro atoms. The third kappa shape index (κ3) is 2.74. The molecule has 1 fully saturated rings. The second kappa shape index (κ2) is 5.15. The fraction of sp³-hybridized carbons (Fsp3) is 0.615. The first-order valence-corrected chi connectivity index (χ1v) is 6.31. The van der Waals surface area contributed by atoms with Crippen molar-refractivity contribution >= 4 is 11.6 Å². The molecule has 3 heteroatoms. The van der Waals surface area contributed by atoms with E-state index in [1.807, 2.05) is 6.07 Å². The van der Waals surface area contributed by atoms with Crippen LogP contribution >= 0.6 is 11.6 Å². The number of pyridine rings is 1. The molecule has 1 aromatic heterocycles. The molecule has 0 bridgehead atoms. The highest BCUT2D eigenvalue weighted by molar-refractivity contribution is 6.31. The largest absolute Gasteiger partial charge is 0.392 e. The molecule has 3 atom stereocenters. The number of aliphatic hydroxyl groups is 1. The lowest BCUT2D eigenvalue weighted by atomic mass is 9.94. The molecule has 1 aromatic rings. The van der Waals surface area contributed by atoms with Crippen molar-refractivity contribution in [2.24, 2.45) is 11.8 Å². The van der Waals surface area contributed by atoms with Crippen LogP contribution in [0.15, 0.2) is 18.5 Å². The molecule has 0 amide bonds. The predicted octanol–water partition coefficient (Wildman–Crippen LogP) is 3.07. The summed E-state index contributed by atoms with van der Waals surface area (Å²) in [5, 5.41) is 10.8. The Hall–Kier alpha value is -0.600. The second-order valence-corrected chi connectivity index (χ2v) is 5.32. The van der Waals surface area contributed by atoms with Crippen LogP contribution in [0.1, 0.15) is 31.7 Å². The van der Waals surface area contributed by atoms with Crippen molar-refractivity contribution in [1.29, 1.82) is 0 Å². The maximum atomic E-state index is 10.2. The molecular weight excluding hydrogens is 222 g/mol. The Balaban J connectivity index is 1.97. The van der Waals surface area contributed by atoms with E-state index in [1.165, 1.54) is 6.42 Å². The van der Waals surface area contributed by atoms with Gasteiger partial charge in [0.05, 0.1) is 11.1 Å². The summed E-state index contributed by atoms with van der Waals surface area (Å²) in [5.74, 6) is 1.20. The molecule has 1 heterocycles. The van der Waals surface area contributed by atoms with E-state index >= 15 is 0 Å². The summed E-state index contributed by atoms with van der Waals surface area (Å²) in [7, 11) is 0. The van der Waals surface area contributed by atoms with E-state index < -0.39 is 0 Å². The summed E-state index contributed by atoms with van der Waals surface area (Å²) in [6.45, 7) is 2.26. The molecular formula is C13H18ClNO. The minimum Gasteiger partial charge on any atom is -0.392 e. The molecule has 1 N–H and O–H groups in total. The van der Waals surface area contributed by atoms with E-state index in [1.54, 1.807) is 12.4 Å². The molecule has 88 valence electrons. The minimum absolute atomic E-state index is 0.259. The van der Waals surface area contributed by atoms with E-state index in [-0.39, 0.29) is 6.10 Å². The molecule has 0 radical (unpaired) electrons. The van der Waals surface area contributed by atoms with E-state index in [2.05, 4.69) is 11.9 Å². The lowest BCUT2D eigenvalue weighted by Gasteiger charge is -2.18. The zero-order valence-corrected chi connectivity index (χ0v) is 10.3. The van der Waals surface area contributed by atoms with Gasteiger partial charge in [0.1, 0.15) is 0 Å². The van der Waals surface area contributed by atoms with Crippen LogP contribution < -0.4 is 0 Å². The van der Waals surface area contributed by atoms with Crippen molar-refractivity contribution in [3.8, 4) is 0 Å². The number of hydrogen-bond acceptors (Lipinski definition) is 2. The normalized spacial score (nSPS) is 26.9. The fourth-order valence-electron chi connectivity index (χ4n) is 2.56. The molecule has 2 rings (SSSR count). The minimum atomic E-state index is -0.259. The molecule has 1 aliphatic carbocycles. The Morgan fingerprint density at radius 1 is 1.56 bits per heavy atom. The zero-order valence-electron chi connectivity index (χ0n) is 9.56. The summed E-state index contributed by atoms with van der Waals surface area (Å²) in [4.78, 5) is 3.95. The van der Waals surface area contributed by atoms with Crippen LogP contribution in [0.25, 0.3) is 0 Å². The van der Waals surface area contributed by atoms with Gasteiger partial charge < -0.3 is 5.11 Å². The third-order valence-electron chi connectivity index (χ3n) is 3.57. The van der Waals surface area contributed by atoms with Gasteiger partial charge >= 0.3 is 0 Å². The maximum absolute atomic E-state index is 10.2. The van der Waals surface area contributed by atoms with Gasteiger partial charge in [-0.3, -0.25) is 4.98 Å². The molecule has 0 aromatic carbocycles. The molecule has 16 heavy (non-hydrogen) atoms. The van der Waals surface area contributed by atoms with Crippen molar-refractivity contribution in [1.82, 2.24) is 4.98 Å². The number of aromatic nitrogens is 1. The number of aliphatic hydroxyl groups excluding tert-OH is 1. The van der Waals surface area contributed by atoms with Crippen LogP contribution in [0.4, 0.5) is 0 Å². The van der Waals surface area contributed by atoms with Gasteiger partial charge in [0.15, 0.2) is 0 Å². The topological polar surface area (TPSA) is 33.1 Å². The molecule has 0 aliphatic heterocycles. The number of halogens is 1. The quantitative estimate of drug-likeness (QED) is 0.880. The Morgan fingerprint density at radius 3 is 3.00 bits per heavy atom. The summed E-state index contributed by atoms with van der Waals surface area (Å²) >= 11 is 6.03. The SMILES string of the molecule is CC1CCC(C(O)Cc2ccncc2Cl)C1. The number of nitrogens with zero attached hydrogens (tertiary/aromatic N) is 1. The second-order valence-electron chi connectivity index (χ2n) is 4.92. The molecule has 0 saturated heterocycles. The first kappa shape index (κ1) is 11.9. The molecule has 1 aliphatic rings. The van der Waals surface area contributed by atoms with Crippen molar-refractivity contribution in [2.75, 3.05) is 0 Å². The average molecular weight is 240 g/mol. The zero-order chi connectivity index (χ0) is 11.5. The van der Waals surface area contributed by atoms with E-state index in [0.29, 0.717) is 17.4 Å². The Morgan fingerprint density at radius 2 is 2.38 bits per heavy atom. The number of rotatable bonds is 3. The van der Waals surface area contributed by atoms with Crippen LogP contribution in [0.2, 0.25) is 5.02 Å². The van der Waals surface area contributed by atoms with Crippen molar-refractivity contribution in [2.45, 2.75) is 38.7 Å². The summed E-state index contributed by atoms with van der Waals surface area (Å²) in [6, 6.07) is 1.89. The lowest BCUT2D eigenvalue weighted by Crippen LogP contribution is -2.20. The van der Waals surface area contributed by atoms with Crippen LogP contribution in [-0.4, -0.2) is 16.2 Å². The Labute approximate surface area is 102 Å².